The van der Waals surface area contributed by atoms with Gasteiger partial charge in [-0.3, -0.25) is 14.9 Å². The van der Waals surface area contributed by atoms with E-state index in [2.05, 4.69) is 6.92 Å². The van der Waals surface area contributed by atoms with Crippen LogP contribution in [0.1, 0.15) is 31.7 Å². The van der Waals surface area contributed by atoms with Gasteiger partial charge in [0.05, 0.1) is 22.7 Å². The second-order valence-electron chi connectivity index (χ2n) is 8.02. The Bertz CT molecular complexity index is 1060. The Labute approximate surface area is 181 Å². The number of nitrogens with zero attached hydrogens (tertiary/aromatic N) is 4. The Balaban J connectivity index is 1.65. The van der Waals surface area contributed by atoms with Crippen molar-refractivity contribution in [2.24, 2.45) is 5.92 Å². The normalized spacial score (nSPS) is 16.3. The predicted octanol–water partition coefficient (Wildman–Crippen LogP) is 4.64. The average Bonchev–Trinajstić information content (AvgIpc) is 3.23. The van der Waals surface area contributed by atoms with Gasteiger partial charge in [0, 0.05) is 42.5 Å². The number of likely N-dealkylation sites (tertiary alicyclic amines) is 1. The zero-order chi connectivity index (χ0) is 21.8. The number of hydrogen-bond donors (Lipinski definition) is 0. The molecule has 0 aliphatic carbocycles. The molecule has 2 aromatic carbocycles. The SMILES string of the molecule is CCC1CCCN(C(=O)Cc2cn(-c3ccccc3)nc2-c2ccc([N+](=O)[O-])cc2)C1. The number of nitro groups is 1. The molecule has 4 rings (SSSR count). The molecule has 1 aliphatic heterocycles. The van der Waals surface area contributed by atoms with Gasteiger partial charge in [0.25, 0.3) is 5.69 Å². The van der Waals surface area contributed by atoms with Crippen LogP contribution in [-0.4, -0.2) is 38.6 Å². The number of carbonyl (C=O) groups excluding carboxylic acids is 1. The van der Waals surface area contributed by atoms with Crippen molar-refractivity contribution in [2.75, 3.05) is 13.1 Å². The van der Waals surface area contributed by atoms with Crippen molar-refractivity contribution in [3.8, 4) is 16.9 Å². The molecule has 1 saturated heterocycles. The van der Waals surface area contributed by atoms with Crippen LogP contribution in [0.3, 0.4) is 0 Å². The van der Waals surface area contributed by atoms with Crippen LogP contribution >= 0.6 is 0 Å². The zero-order valence-corrected chi connectivity index (χ0v) is 17.6. The van der Waals surface area contributed by atoms with Gasteiger partial charge < -0.3 is 4.90 Å². The summed E-state index contributed by atoms with van der Waals surface area (Å²) in [6.07, 6.45) is 5.47. The van der Waals surface area contributed by atoms with Crippen molar-refractivity contribution in [3.63, 3.8) is 0 Å². The Morgan fingerprint density at radius 1 is 1.16 bits per heavy atom. The summed E-state index contributed by atoms with van der Waals surface area (Å²) in [4.78, 5) is 25.7. The third-order valence-electron chi connectivity index (χ3n) is 5.95. The molecule has 0 N–H and O–H groups in total. The Kier molecular flexibility index (Phi) is 6.11. The molecule has 1 fully saturated rings. The maximum Gasteiger partial charge on any atom is 0.269 e. The second kappa shape index (κ2) is 9.12. The van der Waals surface area contributed by atoms with Crippen molar-refractivity contribution in [1.29, 1.82) is 0 Å². The lowest BCUT2D eigenvalue weighted by Crippen LogP contribution is -2.40. The van der Waals surface area contributed by atoms with Gasteiger partial charge in [0.1, 0.15) is 0 Å². The summed E-state index contributed by atoms with van der Waals surface area (Å²) in [5.74, 6) is 0.674. The zero-order valence-electron chi connectivity index (χ0n) is 17.6. The minimum absolute atomic E-state index is 0.0304. The van der Waals surface area contributed by atoms with Gasteiger partial charge in [-0.2, -0.15) is 5.10 Å². The van der Waals surface area contributed by atoms with E-state index in [4.69, 9.17) is 5.10 Å². The van der Waals surface area contributed by atoms with Crippen molar-refractivity contribution in [3.05, 3.63) is 76.5 Å². The number of para-hydroxylation sites is 1. The van der Waals surface area contributed by atoms with E-state index in [1.165, 1.54) is 18.6 Å². The molecule has 7 heteroatoms. The highest BCUT2D eigenvalue weighted by Crippen LogP contribution is 2.27. The molecule has 2 heterocycles. The summed E-state index contributed by atoms with van der Waals surface area (Å²) in [6.45, 7) is 3.79. The molecule has 1 aliphatic rings. The quantitative estimate of drug-likeness (QED) is 0.431. The molecular formula is C24H26N4O3. The molecule has 31 heavy (non-hydrogen) atoms. The highest BCUT2D eigenvalue weighted by Gasteiger charge is 2.24. The first kappa shape index (κ1) is 20.8. The summed E-state index contributed by atoms with van der Waals surface area (Å²) < 4.78 is 1.77. The summed E-state index contributed by atoms with van der Waals surface area (Å²) in [5, 5.41) is 15.7. The monoisotopic (exact) mass is 418 g/mol. The fourth-order valence-corrected chi connectivity index (χ4v) is 4.14. The molecule has 0 bridgehead atoms. The van der Waals surface area contributed by atoms with Crippen LogP contribution in [0.25, 0.3) is 16.9 Å². The number of carbonyl (C=O) groups is 1. The van der Waals surface area contributed by atoms with Gasteiger partial charge >= 0.3 is 0 Å². The number of piperidine rings is 1. The standard InChI is InChI=1S/C24H26N4O3/c1-2-18-7-6-14-26(16-18)23(29)15-20-17-27(21-8-4-3-5-9-21)25-24(20)19-10-12-22(13-11-19)28(30)31/h3-5,8-13,17-18H,2,6-7,14-16H2,1H3. The number of non-ortho nitro benzene ring substituents is 1. The fraction of sp³-hybridized carbons (Fsp3) is 0.333. The summed E-state index contributed by atoms with van der Waals surface area (Å²) in [7, 11) is 0. The van der Waals surface area contributed by atoms with Gasteiger partial charge in [-0.25, -0.2) is 4.68 Å². The number of aromatic nitrogens is 2. The van der Waals surface area contributed by atoms with E-state index >= 15 is 0 Å². The van der Waals surface area contributed by atoms with Crippen molar-refractivity contribution < 1.29 is 9.72 Å². The highest BCUT2D eigenvalue weighted by atomic mass is 16.6. The van der Waals surface area contributed by atoms with Crippen molar-refractivity contribution in [2.45, 2.75) is 32.6 Å². The number of amides is 1. The van der Waals surface area contributed by atoms with Crippen molar-refractivity contribution in [1.82, 2.24) is 14.7 Å². The van der Waals surface area contributed by atoms with Crippen LogP contribution in [0.15, 0.2) is 60.8 Å². The number of benzene rings is 2. The van der Waals surface area contributed by atoms with Crippen LogP contribution in [0.4, 0.5) is 5.69 Å². The third kappa shape index (κ3) is 4.66. The smallest absolute Gasteiger partial charge is 0.269 e. The fourth-order valence-electron chi connectivity index (χ4n) is 4.14. The topological polar surface area (TPSA) is 81.3 Å². The molecule has 1 atom stereocenters. The first-order valence-electron chi connectivity index (χ1n) is 10.7. The molecule has 3 aromatic rings. The lowest BCUT2D eigenvalue weighted by molar-refractivity contribution is -0.384. The Hall–Kier alpha value is -3.48. The molecule has 160 valence electrons. The van der Waals surface area contributed by atoms with E-state index in [1.54, 1.807) is 16.8 Å². The van der Waals surface area contributed by atoms with E-state index in [0.717, 1.165) is 42.7 Å². The number of rotatable bonds is 6. The molecule has 1 unspecified atom stereocenters. The van der Waals surface area contributed by atoms with E-state index in [9.17, 15) is 14.9 Å². The van der Waals surface area contributed by atoms with Gasteiger partial charge in [0.2, 0.25) is 5.91 Å². The second-order valence-corrected chi connectivity index (χ2v) is 8.02. The lowest BCUT2D eigenvalue weighted by atomic mass is 9.95. The molecule has 1 aromatic heterocycles. The van der Waals surface area contributed by atoms with Crippen LogP contribution in [0.2, 0.25) is 0 Å². The summed E-state index contributed by atoms with van der Waals surface area (Å²) >= 11 is 0. The van der Waals surface area contributed by atoms with Crippen LogP contribution in [0.5, 0.6) is 0 Å². The highest BCUT2D eigenvalue weighted by molar-refractivity contribution is 5.81. The maximum atomic E-state index is 13.1. The maximum absolute atomic E-state index is 13.1. The van der Waals surface area contributed by atoms with E-state index < -0.39 is 4.92 Å². The van der Waals surface area contributed by atoms with Crippen LogP contribution in [-0.2, 0) is 11.2 Å². The van der Waals surface area contributed by atoms with Crippen LogP contribution < -0.4 is 0 Å². The third-order valence-corrected chi connectivity index (χ3v) is 5.95. The molecular weight excluding hydrogens is 392 g/mol. The minimum atomic E-state index is -0.419. The molecule has 0 radical (unpaired) electrons. The van der Waals surface area contributed by atoms with Gasteiger partial charge in [-0.1, -0.05) is 31.5 Å². The number of nitro benzene ring substituents is 1. The summed E-state index contributed by atoms with van der Waals surface area (Å²) in [5.41, 5.74) is 3.18. The van der Waals surface area contributed by atoms with Crippen molar-refractivity contribution >= 4 is 11.6 Å². The lowest BCUT2D eigenvalue weighted by Gasteiger charge is -2.32. The van der Waals surface area contributed by atoms with Gasteiger partial charge in [-0.15, -0.1) is 0 Å². The first-order chi connectivity index (χ1) is 15.0. The molecule has 0 saturated carbocycles. The van der Waals surface area contributed by atoms with E-state index in [1.807, 2.05) is 41.4 Å². The largest absolute Gasteiger partial charge is 0.342 e. The van der Waals surface area contributed by atoms with E-state index in [-0.39, 0.29) is 18.0 Å². The Morgan fingerprint density at radius 2 is 1.90 bits per heavy atom. The molecule has 7 nitrogen and oxygen atoms in total. The minimum Gasteiger partial charge on any atom is -0.342 e. The average molecular weight is 418 g/mol. The first-order valence-corrected chi connectivity index (χ1v) is 10.7. The molecule has 0 spiro atoms. The van der Waals surface area contributed by atoms with E-state index in [0.29, 0.717) is 11.6 Å². The van der Waals surface area contributed by atoms with Gasteiger partial charge in [0.15, 0.2) is 0 Å². The predicted molar refractivity (Wildman–Crippen MR) is 119 cm³/mol. The van der Waals surface area contributed by atoms with Gasteiger partial charge in [-0.05, 0) is 43.0 Å². The summed E-state index contributed by atoms with van der Waals surface area (Å²) in [6, 6.07) is 16.0. The van der Waals surface area contributed by atoms with Crippen LogP contribution in [0, 0.1) is 16.0 Å². The Morgan fingerprint density at radius 3 is 2.58 bits per heavy atom. The molecule has 1 amide bonds. The number of hydrogen-bond acceptors (Lipinski definition) is 4.